The highest BCUT2D eigenvalue weighted by molar-refractivity contribution is 7.99. The van der Waals surface area contributed by atoms with Crippen LogP contribution in [0.25, 0.3) is 0 Å². The maximum absolute atomic E-state index is 11.8. The molecule has 1 N–H and O–H groups in total. The Balaban J connectivity index is 1.75. The number of hydrogen-bond acceptors (Lipinski definition) is 4. The van der Waals surface area contributed by atoms with E-state index < -0.39 is 0 Å². The van der Waals surface area contributed by atoms with Gasteiger partial charge in [-0.1, -0.05) is 6.07 Å². The molecule has 98 valence electrons. The molecule has 2 rings (SSSR count). The zero-order chi connectivity index (χ0) is 12.8. The monoisotopic (exact) mass is 265 g/mol. The summed E-state index contributed by atoms with van der Waals surface area (Å²) in [5, 5.41) is 3.02. The Bertz CT molecular complexity index is 405. The second kappa shape index (κ2) is 6.64. The molecule has 1 amide bonds. The van der Waals surface area contributed by atoms with Crippen LogP contribution in [-0.4, -0.2) is 41.7 Å². The maximum atomic E-state index is 11.8. The third kappa shape index (κ3) is 3.63. The topological polar surface area (TPSA) is 45.2 Å². The largest absolute Gasteiger partial charge is 0.373 e. The number of anilines is 1. The van der Waals surface area contributed by atoms with E-state index in [1.54, 1.807) is 11.8 Å². The van der Waals surface area contributed by atoms with E-state index in [2.05, 4.69) is 10.3 Å². The molecule has 0 aliphatic carbocycles. The molecule has 0 atom stereocenters. The van der Waals surface area contributed by atoms with Crippen molar-refractivity contribution in [3.05, 3.63) is 23.9 Å². The minimum Gasteiger partial charge on any atom is -0.373 e. The van der Waals surface area contributed by atoms with Crippen LogP contribution in [0.4, 0.5) is 5.82 Å². The molecule has 0 bridgehead atoms. The molecular weight excluding hydrogens is 246 g/mol. The van der Waals surface area contributed by atoms with Crippen molar-refractivity contribution in [1.82, 2.24) is 9.88 Å². The van der Waals surface area contributed by atoms with E-state index >= 15 is 0 Å². The van der Waals surface area contributed by atoms with Crippen LogP contribution in [0.2, 0.25) is 0 Å². The minimum atomic E-state index is 0.266. The van der Waals surface area contributed by atoms with Crippen LogP contribution in [0, 0.1) is 0 Å². The SMILES string of the molecule is CNc1cccc(CSCC(=O)N2CCCC2)n1. The van der Waals surface area contributed by atoms with E-state index in [9.17, 15) is 4.79 Å². The fourth-order valence-corrected chi connectivity index (χ4v) is 2.83. The Morgan fingerprint density at radius 3 is 2.94 bits per heavy atom. The summed E-state index contributed by atoms with van der Waals surface area (Å²) in [6.07, 6.45) is 2.31. The highest BCUT2D eigenvalue weighted by Gasteiger charge is 2.17. The summed E-state index contributed by atoms with van der Waals surface area (Å²) < 4.78 is 0. The Kier molecular flexibility index (Phi) is 4.87. The van der Waals surface area contributed by atoms with Gasteiger partial charge in [0.25, 0.3) is 0 Å². The lowest BCUT2D eigenvalue weighted by Crippen LogP contribution is -2.29. The zero-order valence-electron chi connectivity index (χ0n) is 10.7. The van der Waals surface area contributed by atoms with Crippen LogP contribution >= 0.6 is 11.8 Å². The van der Waals surface area contributed by atoms with Gasteiger partial charge in [-0.05, 0) is 25.0 Å². The van der Waals surface area contributed by atoms with Crippen molar-refractivity contribution in [3.63, 3.8) is 0 Å². The van der Waals surface area contributed by atoms with E-state index in [0.717, 1.165) is 43.2 Å². The van der Waals surface area contributed by atoms with Gasteiger partial charge in [-0.2, -0.15) is 0 Å². The standard InChI is InChI=1S/C13H19N3OS/c1-14-12-6-4-5-11(15-12)9-18-10-13(17)16-7-2-3-8-16/h4-6H,2-3,7-10H2,1H3,(H,14,15). The Hall–Kier alpha value is -1.23. The number of amides is 1. The van der Waals surface area contributed by atoms with Crippen LogP contribution in [-0.2, 0) is 10.5 Å². The summed E-state index contributed by atoms with van der Waals surface area (Å²) >= 11 is 1.64. The van der Waals surface area contributed by atoms with Crippen molar-refractivity contribution in [2.45, 2.75) is 18.6 Å². The van der Waals surface area contributed by atoms with Gasteiger partial charge in [0.05, 0.1) is 11.4 Å². The number of nitrogens with zero attached hydrogens (tertiary/aromatic N) is 2. The predicted molar refractivity (Wildman–Crippen MR) is 75.8 cm³/mol. The van der Waals surface area contributed by atoms with Crippen LogP contribution in [0.5, 0.6) is 0 Å². The summed E-state index contributed by atoms with van der Waals surface area (Å²) in [4.78, 5) is 18.2. The van der Waals surface area contributed by atoms with Crippen molar-refractivity contribution in [2.24, 2.45) is 0 Å². The zero-order valence-corrected chi connectivity index (χ0v) is 11.5. The molecule has 1 aromatic heterocycles. The fourth-order valence-electron chi connectivity index (χ4n) is 2.00. The number of likely N-dealkylation sites (tertiary alicyclic amines) is 1. The minimum absolute atomic E-state index is 0.266. The van der Waals surface area contributed by atoms with E-state index in [0.29, 0.717) is 5.75 Å². The van der Waals surface area contributed by atoms with E-state index in [-0.39, 0.29) is 5.91 Å². The van der Waals surface area contributed by atoms with Gasteiger partial charge in [0.1, 0.15) is 5.82 Å². The first-order valence-corrected chi connectivity index (χ1v) is 7.44. The van der Waals surface area contributed by atoms with Crippen LogP contribution in [0.15, 0.2) is 18.2 Å². The number of nitrogens with one attached hydrogen (secondary N) is 1. The van der Waals surface area contributed by atoms with E-state index in [1.807, 2.05) is 30.1 Å². The van der Waals surface area contributed by atoms with Gasteiger partial charge in [-0.3, -0.25) is 4.79 Å². The van der Waals surface area contributed by atoms with Crippen molar-refractivity contribution in [2.75, 3.05) is 31.2 Å². The van der Waals surface area contributed by atoms with Crippen molar-refractivity contribution in [1.29, 1.82) is 0 Å². The number of carbonyl (C=O) groups excluding carboxylic acids is 1. The maximum Gasteiger partial charge on any atom is 0.232 e. The van der Waals surface area contributed by atoms with Gasteiger partial charge in [0.15, 0.2) is 0 Å². The first-order chi connectivity index (χ1) is 8.79. The lowest BCUT2D eigenvalue weighted by molar-refractivity contribution is -0.127. The molecular formula is C13H19N3OS. The van der Waals surface area contributed by atoms with Gasteiger partial charge in [0.2, 0.25) is 5.91 Å². The lowest BCUT2D eigenvalue weighted by Gasteiger charge is -2.14. The van der Waals surface area contributed by atoms with Crippen molar-refractivity contribution in [3.8, 4) is 0 Å². The Morgan fingerprint density at radius 2 is 2.22 bits per heavy atom. The Labute approximate surface area is 112 Å². The number of aromatic nitrogens is 1. The first kappa shape index (κ1) is 13.2. The van der Waals surface area contributed by atoms with Crippen LogP contribution in [0.1, 0.15) is 18.5 Å². The fraction of sp³-hybridized carbons (Fsp3) is 0.538. The molecule has 1 fully saturated rings. The van der Waals surface area contributed by atoms with Crippen molar-refractivity contribution >= 4 is 23.5 Å². The van der Waals surface area contributed by atoms with Gasteiger partial charge in [-0.15, -0.1) is 11.8 Å². The van der Waals surface area contributed by atoms with Gasteiger partial charge >= 0.3 is 0 Å². The number of carbonyl (C=O) groups is 1. The highest BCUT2D eigenvalue weighted by atomic mass is 32.2. The van der Waals surface area contributed by atoms with Crippen LogP contribution in [0.3, 0.4) is 0 Å². The molecule has 2 heterocycles. The average molecular weight is 265 g/mol. The molecule has 0 spiro atoms. The lowest BCUT2D eigenvalue weighted by atomic mass is 10.4. The first-order valence-electron chi connectivity index (χ1n) is 6.29. The molecule has 5 heteroatoms. The normalized spacial score (nSPS) is 14.8. The third-order valence-corrected chi connectivity index (χ3v) is 3.95. The summed E-state index contributed by atoms with van der Waals surface area (Å²) in [7, 11) is 1.86. The van der Waals surface area contributed by atoms with E-state index in [4.69, 9.17) is 0 Å². The molecule has 1 aliphatic rings. The van der Waals surface area contributed by atoms with E-state index in [1.165, 1.54) is 0 Å². The third-order valence-electron chi connectivity index (χ3n) is 3.00. The number of hydrogen-bond donors (Lipinski definition) is 1. The molecule has 0 radical (unpaired) electrons. The van der Waals surface area contributed by atoms with Crippen molar-refractivity contribution < 1.29 is 4.79 Å². The second-order valence-electron chi connectivity index (χ2n) is 4.34. The summed E-state index contributed by atoms with van der Waals surface area (Å²) in [5.74, 6) is 2.49. The molecule has 0 saturated carbocycles. The average Bonchev–Trinajstić information content (AvgIpc) is 2.93. The molecule has 18 heavy (non-hydrogen) atoms. The molecule has 1 aromatic rings. The summed E-state index contributed by atoms with van der Waals surface area (Å²) in [6.45, 7) is 1.87. The van der Waals surface area contributed by atoms with Gasteiger partial charge in [-0.25, -0.2) is 4.98 Å². The highest BCUT2D eigenvalue weighted by Crippen LogP contribution is 2.15. The molecule has 0 aromatic carbocycles. The Morgan fingerprint density at radius 1 is 1.44 bits per heavy atom. The number of thioether (sulfide) groups is 1. The molecule has 4 nitrogen and oxygen atoms in total. The molecule has 1 aliphatic heterocycles. The predicted octanol–water partition coefficient (Wildman–Crippen LogP) is 1.98. The molecule has 1 saturated heterocycles. The summed E-state index contributed by atoms with van der Waals surface area (Å²) in [6, 6.07) is 5.91. The smallest absolute Gasteiger partial charge is 0.232 e. The number of pyridine rings is 1. The summed E-state index contributed by atoms with van der Waals surface area (Å²) in [5.41, 5.74) is 1.01. The van der Waals surface area contributed by atoms with Gasteiger partial charge < -0.3 is 10.2 Å². The van der Waals surface area contributed by atoms with Gasteiger partial charge in [0, 0.05) is 25.9 Å². The molecule has 0 unspecified atom stereocenters. The van der Waals surface area contributed by atoms with Crippen LogP contribution < -0.4 is 5.32 Å². The number of rotatable bonds is 5. The second-order valence-corrected chi connectivity index (χ2v) is 5.33. The quantitative estimate of drug-likeness (QED) is 0.884.